The highest BCUT2D eigenvalue weighted by Gasteiger charge is 1.97. The topological polar surface area (TPSA) is 65.3 Å². The molecule has 0 atom stereocenters. The van der Waals surface area contributed by atoms with Gasteiger partial charge >= 0.3 is 0 Å². The minimum absolute atomic E-state index is 0.0817. The van der Waals surface area contributed by atoms with Gasteiger partial charge in [0.25, 0.3) is 0 Å². The van der Waals surface area contributed by atoms with Crippen molar-refractivity contribution in [3.63, 3.8) is 0 Å². The van der Waals surface area contributed by atoms with Crippen LogP contribution in [0.1, 0.15) is 12.0 Å². The van der Waals surface area contributed by atoms with Crippen molar-refractivity contribution in [3.05, 3.63) is 29.8 Å². The summed E-state index contributed by atoms with van der Waals surface area (Å²) in [4.78, 5) is 0. The molecule has 0 aliphatic heterocycles. The largest absolute Gasteiger partial charge is 0.479 e. The highest BCUT2D eigenvalue weighted by Crippen LogP contribution is 2.13. The molecule has 104 valence electrons. The molecule has 0 bridgehead atoms. The molecule has 0 spiro atoms. The zero-order valence-electron chi connectivity index (χ0n) is 11.0. The quantitative estimate of drug-likeness (QED) is 0.640. The summed E-state index contributed by atoms with van der Waals surface area (Å²) in [5.74, 6) is 2.79. The molecule has 0 saturated heterocycles. The average molecular weight is 280 g/mol. The zero-order valence-corrected chi connectivity index (χ0v) is 11.8. The van der Waals surface area contributed by atoms with Crippen LogP contribution in [0.25, 0.3) is 0 Å². The van der Waals surface area contributed by atoms with Crippen LogP contribution in [0.5, 0.6) is 5.75 Å². The van der Waals surface area contributed by atoms with Crippen molar-refractivity contribution >= 4 is 11.8 Å². The number of nitrogens with one attached hydrogen (secondary N) is 1. The summed E-state index contributed by atoms with van der Waals surface area (Å²) in [7, 11) is 0. The summed E-state index contributed by atoms with van der Waals surface area (Å²) >= 11 is 1.84. The molecule has 1 aromatic rings. The van der Waals surface area contributed by atoms with Gasteiger partial charge in [0.2, 0.25) is 0 Å². The first-order valence-corrected chi connectivity index (χ1v) is 7.50. The zero-order chi connectivity index (χ0) is 13.8. The summed E-state index contributed by atoms with van der Waals surface area (Å²) < 4.78 is 5.25. The lowest BCUT2D eigenvalue weighted by Gasteiger charge is -2.07. The van der Waals surface area contributed by atoms with Gasteiger partial charge in [-0.2, -0.15) is 17.0 Å². The first-order chi connectivity index (χ1) is 9.36. The number of hydrogen-bond acceptors (Lipinski definition) is 5. The molecular formula is C14H20N2O2S. The van der Waals surface area contributed by atoms with Gasteiger partial charge in [-0.25, -0.2) is 0 Å². The lowest BCUT2D eigenvalue weighted by atomic mass is 10.2. The van der Waals surface area contributed by atoms with Gasteiger partial charge in [0, 0.05) is 25.4 Å². The van der Waals surface area contributed by atoms with E-state index in [1.165, 1.54) is 0 Å². The van der Waals surface area contributed by atoms with Crippen LogP contribution in [-0.4, -0.2) is 36.4 Å². The predicted octanol–water partition coefficient (Wildman–Crippen LogP) is 1.79. The second-order valence-corrected chi connectivity index (χ2v) is 5.19. The minimum Gasteiger partial charge on any atom is -0.479 e. The van der Waals surface area contributed by atoms with E-state index < -0.39 is 0 Å². The average Bonchev–Trinajstić information content (AvgIpc) is 2.44. The van der Waals surface area contributed by atoms with E-state index in [0.717, 1.165) is 42.3 Å². The first-order valence-electron chi connectivity index (χ1n) is 6.35. The van der Waals surface area contributed by atoms with Gasteiger partial charge in [-0.1, -0.05) is 12.1 Å². The minimum atomic E-state index is 0.0817. The molecule has 0 radical (unpaired) electrons. The fraction of sp³-hybridized carbons (Fsp3) is 0.500. The van der Waals surface area contributed by atoms with Crippen molar-refractivity contribution in [1.29, 1.82) is 5.26 Å². The molecule has 0 amide bonds. The number of nitrogens with zero attached hydrogens (tertiary/aromatic N) is 1. The van der Waals surface area contributed by atoms with E-state index in [4.69, 9.17) is 15.1 Å². The van der Waals surface area contributed by atoms with E-state index in [1.54, 1.807) is 0 Å². The van der Waals surface area contributed by atoms with Gasteiger partial charge in [0.15, 0.2) is 6.61 Å². The number of hydrogen-bond donors (Lipinski definition) is 2. The fourth-order valence-electron chi connectivity index (χ4n) is 1.51. The highest BCUT2D eigenvalue weighted by molar-refractivity contribution is 7.99. The first kappa shape index (κ1) is 15.8. The van der Waals surface area contributed by atoms with Crippen molar-refractivity contribution in [2.24, 2.45) is 0 Å². The van der Waals surface area contributed by atoms with E-state index in [0.29, 0.717) is 0 Å². The van der Waals surface area contributed by atoms with Crippen molar-refractivity contribution in [2.75, 3.05) is 31.3 Å². The second-order valence-electron chi connectivity index (χ2n) is 3.96. The Kier molecular flexibility index (Phi) is 8.90. The Morgan fingerprint density at radius 2 is 2.26 bits per heavy atom. The molecule has 0 heterocycles. The van der Waals surface area contributed by atoms with Crippen LogP contribution >= 0.6 is 11.8 Å². The highest BCUT2D eigenvalue weighted by atomic mass is 32.2. The molecule has 0 aliphatic rings. The summed E-state index contributed by atoms with van der Waals surface area (Å²) in [5, 5.41) is 20.5. The maximum absolute atomic E-state index is 8.64. The monoisotopic (exact) mass is 280 g/mol. The van der Waals surface area contributed by atoms with Gasteiger partial charge < -0.3 is 15.2 Å². The van der Waals surface area contributed by atoms with Gasteiger partial charge in [-0.15, -0.1) is 0 Å². The normalized spacial score (nSPS) is 10.1. The number of rotatable bonds is 10. The van der Waals surface area contributed by atoms with Gasteiger partial charge in [-0.05, 0) is 29.9 Å². The molecule has 0 saturated carbocycles. The third kappa shape index (κ3) is 7.73. The van der Waals surface area contributed by atoms with Crippen molar-refractivity contribution in [2.45, 2.75) is 13.0 Å². The van der Waals surface area contributed by atoms with Crippen molar-refractivity contribution in [1.82, 2.24) is 5.32 Å². The smallest absolute Gasteiger partial charge is 0.174 e. The molecule has 1 rings (SSSR count). The second kappa shape index (κ2) is 10.7. The Bertz CT molecular complexity index is 393. The number of thioether (sulfide) groups is 1. The van der Waals surface area contributed by atoms with Crippen LogP contribution in [0.2, 0.25) is 0 Å². The van der Waals surface area contributed by atoms with Crippen LogP contribution < -0.4 is 10.1 Å². The Labute approximate surface area is 118 Å². The van der Waals surface area contributed by atoms with Gasteiger partial charge in [-0.3, -0.25) is 0 Å². The Morgan fingerprint density at radius 1 is 1.37 bits per heavy atom. The summed E-state index contributed by atoms with van der Waals surface area (Å²) in [6.45, 7) is 2.10. The lowest BCUT2D eigenvalue weighted by Crippen LogP contribution is -2.16. The molecule has 19 heavy (non-hydrogen) atoms. The maximum Gasteiger partial charge on any atom is 0.174 e. The third-order valence-electron chi connectivity index (χ3n) is 2.40. The maximum atomic E-state index is 8.64. The summed E-state index contributed by atoms with van der Waals surface area (Å²) in [6, 6.07) is 9.72. The van der Waals surface area contributed by atoms with Gasteiger partial charge in [0.1, 0.15) is 11.8 Å². The van der Waals surface area contributed by atoms with Crippen LogP contribution in [0.3, 0.4) is 0 Å². The molecule has 5 heteroatoms. The Hall–Kier alpha value is -1.22. The van der Waals surface area contributed by atoms with Crippen LogP contribution in [0.15, 0.2) is 24.3 Å². The van der Waals surface area contributed by atoms with E-state index in [9.17, 15) is 0 Å². The van der Waals surface area contributed by atoms with Crippen LogP contribution in [0.4, 0.5) is 0 Å². The van der Waals surface area contributed by atoms with Crippen LogP contribution in [-0.2, 0) is 6.54 Å². The van der Waals surface area contributed by atoms with Crippen molar-refractivity contribution < 1.29 is 9.84 Å². The molecule has 0 fully saturated rings. The number of ether oxygens (including phenoxy) is 1. The predicted molar refractivity (Wildman–Crippen MR) is 78.3 cm³/mol. The third-order valence-corrected chi connectivity index (χ3v) is 3.47. The molecule has 1 aromatic carbocycles. The molecule has 2 N–H and O–H groups in total. The van der Waals surface area contributed by atoms with E-state index in [2.05, 4.69) is 5.32 Å². The molecule has 4 nitrogen and oxygen atoms in total. The van der Waals surface area contributed by atoms with Crippen LogP contribution in [0, 0.1) is 11.3 Å². The van der Waals surface area contributed by atoms with Crippen molar-refractivity contribution in [3.8, 4) is 11.8 Å². The lowest BCUT2D eigenvalue weighted by molar-refractivity contribution is 0.296. The summed E-state index contributed by atoms with van der Waals surface area (Å²) in [5.41, 5.74) is 1.15. The SMILES string of the molecule is N#CCOc1cccc(CNCCSCCCO)c1. The Balaban J connectivity index is 2.16. The molecule has 0 aliphatic carbocycles. The fourth-order valence-corrected chi connectivity index (χ4v) is 2.33. The molecule has 0 unspecified atom stereocenters. The van der Waals surface area contributed by atoms with E-state index in [-0.39, 0.29) is 13.2 Å². The summed E-state index contributed by atoms with van der Waals surface area (Å²) in [6.07, 6.45) is 0.864. The number of aliphatic hydroxyl groups excluding tert-OH is 1. The van der Waals surface area contributed by atoms with Gasteiger partial charge in [0.05, 0.1) is 0 Å². The number of aliphatic hydroxyl groups is 1. The standard InChI is InChI=1S/C14H20N2O2S/c15-5-8-18-14-4-1-3-13(11-14)12-16-6-10-19-9-2-7-17/h1,3-4,11,16-17H,2,6-10,12H2. The number of benzene rings is 1. The van der Waals surface area contributed by atoms with E-state index in [1.807, 2.05) is 42.1 Å². The van der Waals surface area contributed by atoms with E-state index >= 15 is 0 Å². The molecular weight excluding hydrogens is 260 g/mol. The molecule has 0 aromatic heterocycles. The number of nitriles is 1. The Morgan fingerprint density at radius 3 is 3.05 bits per heavy atom.